The summed E-state index contributed by atoms with van der Waals surface area (Å²) in [5, 5.41) is 7.22. The topological polar surface area (TPSA) is 97.6 Å². The largest absolute Gasteiger partial charge is 0.465 e. The Kier molecular flexibility index (Phi) is 7.42. The minimum absolute atomic E-state index is 0.0805. The molecule has 8 nitrogen and oxygen atoms in total. The summed E-state index contributed by atoms with van der Waals surface area (Å²) in [7, 11) is 1.29. The second-order valence-corrected chi connectivity index (χ2v) is 9.07. The highest BCUT2D eigenvalue weighted by Crippen LogP contribution is 2.25. The first-order valence-corrected chi connectivity index (χ1v) is 11.6. The van der Waals surface area contributed by atoms with Crippen LogP contribution in [0.4, 0.5) is 5.69 Å². The second kappa shape index (κ2) is 10.5. The molecule has 33 heavy (non-hydrogen) atoms. The lowest BCUT2D eigenvalue weighted by Gasteiger charge is -2.30. The highest BCUT2D eigenvalue weighted by molar-refractivity contribution is 9.10. The Morgan fingerprint density at radius 1 is 1.21 bits per heavy atom. The first kappa shape index (κ1) is 23.4. The maximum atomic E-state index is 12.7. The summed E-state index contributed by atoms with van der Waals surface area (Å²) < 4.78 is 11.1. The highest BCUT2D eigenvalue weighted by atomic mass is 79.9. The van der Waals surface area contributed by atoms with Crippen molar-refractivity contribution in [3.05, 3.63) is 63.4 Å². The average Bonchev–Trinajstić information content (AvgIpc) is 3.29. The van der Waals surface area contributed by atoms with Crippen LogP contribution in [-0.4, -0.2) is 47.1 Å². The SMILES string of the molecule is COC(=O)c1cc(NC(=O)C2CCN(Cc3nc(-c4ccc(Br)cc4)no3)CC2)ccc1Cl. The monoisotopic (exact) mass is 532 g/mol. The molecular formula is C23H22BrClN4O4. The fourth-order valence-electron chi connectivity index (χ4n) is 3.69. The third kappa shape index (κ3) is 5.79. The van der Waals surface area contributed by atoms with Gasteiger partial charge in [0.05, 0.1) is 24.2 Å². The predicted molar refractivity (Wildman–Crippen MR) is 127 cm³/mol. The van der Waals surface area contributed by atoms with Crippen molar-refractivity contribution >= 4 is 45.1 Å². The van der Waals surface area contributed by atoms with Gasteiger partial charge in [0.1, 0.15) is 0 Å². The quantitative estimate of drug-likeness (QED) is 0.455. The third-order valence-corrected chi connectivity index (χ3v) is 6.39. The minimum atomic E-state index is -0.547. The van der Waals surface area contributed by atoms with Gasteiger partial charge in [0.15, 0.2) is 0 Å². The third-order valence-electron chi connectivity index (χ3n) is 5.53. The van der Waals surface area contributed by atoms with Gasteiger partial charge in [0, 0.05) is 21.6 Å². The summed E-state index contributed by atoms with van der Waals surface area (Å²) in [6, 6.07) is 12.5. The van der Waals surface area contributed by atoms with E-state index in [1.54, 1.807) is 12.1 Å². The van der Waals surface area contributed by atoms with Crippen LogP contribution in [0.2, 0.25) is 5.02 Å². The molecule has 1 N–H and O–H groups in total. The average molecular weight is 534 g/mol. The number of benzene rings is 2. The fourth-order valence-corrected chi connectivity index (χ4v) is 4.15. The van der Waals surface area contributed by atoms with Crippen molar-refractivity contribution in [1.82, 2.24) is 15.0 Å². The molecule has 4 rings (SSSR count). The van der Waals surface area contributed by atoms with E-state index in [1.165, 1.54) is 13.2 Å². The van der Waals surface area contributed by atoms with E-state index in [0.717, 1.165) is 23.1 Å². The van der Waals surface area contributed by atoms with E-state index >= 15 is 0 Å². The van der Waals surface area contributed by atoms with Crippen LogP contribution in [0.1, 0.15) is 29.1 Å². The van der Waals surface area contributed by atoms with E-state index in [2.05, 4.69) is 36.3 Å². The molecule has 0 unspecified atom stereocenters. The molecule has 1 saturated heterocycles. The number of amides is 1. The number of hydrogen-bond acceptors (Lipinski definition) is 7. The van der Waals surface area contributed by atoms with E-state index in [0.29, 0.717) is 36.8 Å². The second-order valence-electron chi connectivity index (χ2n) is 7.74. The van der Waals surface area contributed by atoms with Gasteiger partial charge in [-0.2, -0.15) is 4.98 Å². The Morgan fingerprint density at radius 3 is 2.64 bits per heavy atom. The van der Waals surface area contributed by atoms with Crippen molar-refractivity contribution in [3.63, 3.8) is 0 Å². The van der Waals surface area contributed by atoms with Gasteiger partial charge in [-0.15, -0.1) is 0 Å². The maximum Gasteiger partial charge on any atom is 0.339 e. The van der Waals surface area contributed by atoms with Gasteiger partial charge < -0.3 is 14.6 Å². The van der Waals surface area contributed by atoms with E-state index in [4.69, 9.17) is 20.9 Å². The molecule has 0 spiro atoms. The lowest BCUT2D eigenvalue weighted by atomic mass is 9.95. The molecule has 1 aliphatic rings. The standard InChI is InChI=1S/C23H22BrClN4O4/c1-32-23(31)18-12-17(6-7-19(18)25)26-22(30)15-8-10-29(11-9-15)13-20-27-21(28-33-20)14-2-4-16(24)5-3-14/h2-7,12,15H,8-11,13H2,1H3,(H,26,30). The number of carbonyl (C=O) groups excluding carboxylic acids is 2. The van der Waals surface area contributed by atoms with Crippen molar-refractivity contribution in [1.29, 1.82) is 0 Å². The summed E-state index contributed by atoms with van der Waals surface area (Å²) in [5.41, 5.74) is 1.62. The molecule has 172 valence electrons. The fraction of sp³-hybridized carbons (Fsp3) is 0.304. The van der Waals surface area contributed by atoms with Crippen LogP contribution in [0.15, 0.2) is 51.5 Å². The Balaban J connectivity index is 1.30. The molecule has 1 amide bonds. The smallest absolute Gasteiger partial charge is 0.339 e. The van der Waals surface area contributed by atoms with E-state index in [9.17, 15) is 9.59 Å². The molecule has 3 aromatic rings. The van der Waals surface area contributed by atoms with Gasteiger partial charge in [0.2, 0.25) is 17.6 Å². The minimum Gasteiger partial charge on any atom is -0.465 e. The number of likely N-dealkylation sites (tertiary alicyclic amines) is 1. The van der Waals surface area contributed by atoms with Gasteiger partial charge in [-0.1, -0.05) is 32.7 Å². The molecule has 0 bridgehead atoms. The number of carbonyl (C=O) groups is 2. The molecule has 2 aromatic carbocycles. The number of anilines is 1. The molecule has 1 aliphatic heterocycles. The van der Waals surface area contributed by atoms with Crippen LogP contribution in [0.5, 0.6) is 0 Å². The van der Waals surface area contributed by atoms with Crippen LogP contribution in [0.3, 0.4) is 0 Å². The number of nitrogens with one attached hydrogen (secondary N) is 1. The van der Waals surface area contributed by atoms with Crippen LogP contribution in [0, 0.1) is 5.92 Å². The van der Waals surface area contributed by atoms with Crippen molar-refractivity contribution in [2.24, 2.45) is 5.92 Å². The molecular weight excluding hydrogens is 512 g/mol. The van der Waals surface area contributed by atoms with Crippen molar-refractivity contribution < 1.29 is 18.8 Å². The maximum absolute atomic E-state index is 12.7. The van der Waals surface area contributed by atoms with Crippen LogP contribution in [0.25, 0.3) is 11.4 Å². The zero-order chi connectivity index (χ0) is 23.4. The number of esters is 1. The van der Waals surface area contributed by atoms with Crippen molar-refractivity contribution in [3.8, 4) is 11.4 Å². The Morgan fingerprint density at radius 2 is 1.94 bits per heavy atom. The summed E-state index contributed by atoms with van der Waals surface area (Å²) in [6.45, 7) is 2.02. The molecule has 1 aromatic heterocycles. The van der Waals surface area contributed by atoms with Gasteiger partial charge in [-0.05, 0) is 68.4 Å². The summed E-state index contributed by atoms with van der Waals surface area (Å²) in [5.74, 6) is 0.352. The number of hydrogen-bond donors (Lipinski definition) is 1. The lowest BCUT2D eigenvalue weighted by Crippen LogP contribution is -2.37. The number of rotatable bonds is 6. The van der Waals surface area contributed by atoms with Gasteiger partial charge in [0.25, 0.3) is 0 Å². The number of nitrogens with zero attached hydrogens (tertiary/aromatic N) is 3. The molecule has 10 heteroatoms. The van der Waals surface area contributed by atoms with Gasteiger partial charge in [-0.25, -0.2) is 4.79 Å². The first-order chi connectivity index (χ1) is 15.9. The molecule has 2 heterocycles. The highest BCUT2D eigenvalue weighted by Gasteiger charge is 2.26. The van der Waals surface area contributed by atoms with Crippen molar-refractivity contribution in [2.45, 2.75) is 19.4 Å². The Hall–Kier alpha value is -2.75. The number of halogens is 2. The molecule has 1 fully saturated rings. The Labute approximate surface area is 204 Å². The van der Waals surface area contributed by atoms with Crippen molar-refractivity contribution in [2.75, 3.05) is 25.5 Å². The summed E-state index contributed by atoms with van der Waals surface area (Å²) in [6.07, 6.45) is 1.41. The summed E-state index contributed by atoms with van der Waals surface area (Å²) >= 11 is 9.46. The molecule has 0 aliphatic carbocycles. The number of piperidine rings is 1. The molecule has 0 saturated carbocycles. The number of methoxy groups -OCH3 is 1. The van der Waals surface area contributed by atoms with E-state index in [1.807, 2.05) is 24.3 Å². The lowest BCUT2D eigenvalue weighted by molar-refractivity contribution is -0.121. The van der Waals surface area contributed by atoms with E-state index < -0.39 is 5.97 Å². The van der Waals surface area contributed by atoms with Crippen LogP contribution < -0.4 is 5.32 Å². The predicted octanol–water partition coefficient (Wildman–Crippen LogP) is 4.79. The van der Waals surface area contributed by atoms with Crippen LogP contribution >= 0.6 is 27.5 Å². The van der Waals surface area contributed by atoms with Gasteiger partial charge in [-0.3, -0.25) is 9.69 Å². The zero-order valence-corrected chi connectivity index (χ0v) is 20.2. The first-order valence-electron chi connectivity index (χ1n) is 10.4. The van der Waals surface area contributed by atoms with Gasteiger partial charge >= 0.3 is 5.97 Å². The van der Waals surface area contributed by atoms with E-state index in [-0.39, 0.29) is 22.4 Å². The number of ether oxygens (including phenoxy) is 1. The Bertz CT molecular complexity index is 1140. The molecule has 0 atom stereocenters. The number of aromatic nitrogens is 2. The molecule has 0 radical (unpaired) electrons. The summed E-state index contributed by atoms with van der Waals surface area (Å²) in [4.78, 5) is 31.2. The normalized spacial score (nSPS) is 14.8. The van der Waals surface area contributed by atoms with Crippen LogP contribution in [-0.2, 0) is 16.1 Å². The zero-order valence-electron chi connectivity index (χ0n) is 17.9.